The molecule has 0 spiro atoms. The Hall–Kier alpha value is -0.860. The number of benzene rings is 1. The lowest BCUT2D eigenvalue weighted by Crippen LogP contribution is -2.09. The van der Waals surface area contributed by atoms with Gasteiger partial charge in [0.15, 0.2) is 0 Å². The first-order chi connectivity index (χ1) is 6.15. The highest BCUT2D eigenvalue weighted by Gasteiger charge is 2.14. The monoisotopic (exact) mass is 198 g/mol. The van der Waals surface area contributed by atoms with Gasteiger partial charge in [0.25, 0.3) is 0 Å². The Morgan fingerprint density at radius 1 is 1.38 bits per heavy atom. The van der Waals surface area contributed by atoms with Gasteiger partial charge < -0.3 is 9.90 Å². The van der Waals surface area contributed by atoms with Gasteiger partial charge in [0.1, 0.15) is 6.29 Å². The van der Waals surface area contributed by atoms with Gasteiger partial charge in [-0.15, -0.1) is 0 Å². The number of aliphatic hydroxyl groups is 1. The molecular weight excluding hydrogens is 188 g/mol. The molecule has 1 aromatic carbocycles. The normalized spacial score (nSPS) is 15.0. The van der Waals surface area contributed by atoms with Crippen molar-refractivity contribution >= 4 is 17.9 Å². The maximum absolute atomic E-state index is 10.4. The molecule has 1 N–H and O–H groups in total. The number of carbonyl (C=O) groups is 1. The molecule has 0 bridgehead atoms. The third-order valence-corrected chi connectivity index (χ3v) is 2.18. The van der Waals surface area contributed by atoms with E-state index < -0.39 is 6.10 Å². The summed E-state index contributed by atoms with van der Waals surface area (Å²) in [6.07, 6.45) is -0.00557. The van der Waals surface area contributed by atoms with Crippen molar-refractivity contribution in [2.75, 3.05) is 0 Å². The van der Waals surface area contributed by atoms with Crippen LogP contribution in [-0.4, -0.2) is 11.4 Å². The van der Waals surface area contributed by atoms with Crippen LogP contribution < -0.4 is 0 Å². The zero-order valence-corrected chi connectivity index (χ0v) is 8.03. The Balaban J connectivity index is 2.82. The summed E-state index contributed by atoms with van der Waals surface area (Å²) in [5.74, 6) is -0.388. The van der Waals surface area contributed by atoms with Gasteiger partial charge in [0.05, 0.1) is 6.10 Å². The average molecular weight is 199 g/mol. The molecule has 1 aromatic rings. The van der Waals surface area contributed by atoms with Crippen molar-refractivity contribution < 1.29 is 9.90 Å². The summed E-state index contributed by atoms with van der Waals surface area (Å²) in [5, 5.41) is 10.2. The fraction of sp³-hybridized carbons (Fsp3) is 0.300. The van der Waals surface area contributed by atoms with Gasteiger partial charge >= 0.3 is 0 Å². The van der Waals surface area contributed by atoms with Crippen LogP contribution in [0.15, 0.2) is 24.3 Å². The van der Waals surface area contributed by atoms with E-state index in [1.54, 1.807) is 31.2 Å². The van der Waals surface area contributed by atoms with Crippen LogP contribution in [0.4, 0.5) is 0 Å². The van der Waals surface area contributed by atoms with E-state index in [9.17, 15) is 9.90 Å². The Bertz CT molecular complexity index is 281. The molecule has 0 fully saturated rings. The van der Waals surface area contributed by atoms with E-state index in [2.05, 4.69) is 0 Å². The second kappa shape index (κ2) is 4.40. The van der Waals surface area contributed by atoms with Crippen molar-refractivity contribution in [3.63, 3.8) is 0 Å². The Morgan fingerprint density at radius 3 is 2.38 bits per heavy atom. The zero-order chi connectivity index (χ0) is 9.84. The SMILES string of the molecule is C[C@@H](C=O)[C@@H](O)c1ccc(Cl)cc1. The summed E-state index contributed by atoms with van der Waals surface area (Å²) in [6, 6.07) is 6.81. The maximum Gasteiger partial charge on any atom is 0.125 e. The Morgan fingerprint density at radius 2 is 1.92 bits per heavy atom. The topological polar surface area (TPSA) is 37.3 Å². The molecule has 13 heavy (non-hydrogen) atoms. The fourth-order valence-corrected chi connectivity index (χ4v) is 1.16. The molecule has 0 radical (unpaired) electrons. The number of hydrogen-bond donors (Lipinski definition) is 1. The number of aliphatic hydroxyl groups excluding tert-OH is 1. The van der Waals surface area contributed by atoms with Crippen LogP contribution in [0.25, 0.3) is 0 Å². The second-order valence-corrected chi connectivity index (χ2v) is 3.43. The molecule has 0 aliphatic heterocycles. The molecule has 70 valence electrons. The molecule has 0 aliphatic rings. The van der Waals surface area contributed by atoms with Gasteiger partial charge in [-0.05, 0) is 17.7 Å². The van der Waals surface area contributed by atoms with Crippen LogP contribution in [0.3, 0.4) is 0 Å². The predicted octanol–water partition coefficient (Wildman–Crippen LogP) is 2.21. The molecule has 1 rings (SSSR count). The lowest BCUT2D eigenvalue weighted by atomic mass is 9.99. The van der Waals surface area contributed by atoms with E-state index in [1.807, 2.05) is 0 Å². The molecule has 0 amide bonds. The lowest BCUT2D eigenvalue weighted by Gasteiger charge is -2.13. The smallest absolute Gasteiger partial charge is 0.125 e. The number of hydrogen-bond acceptors (Lipinski definition) is 2. The van der Waals surface area contributed by atoms with Gasteiger partial charge in [-0.2, -0.15) is 0 Å². The van der Waals surface area contributed by atoms with Crippen LogP contribution in [0.5, 0.6) is 0 Å². The largest absolute Gasteiger partial charge is 0.388 e. The molecule has 2 atom stereocenters. The summed E-state index contributed by atoms with van der Waals surface area (Å²) >= 11 is 5.68. The van der Waals surface area contributed by atoms with Crippen molar-refractivity contribution in [2.45, 2.75) is 13.0 Å². The van der Waals surface area contributed by atoms with Gasteiger partial charge in [-0.25, -0.2) is 0 Å². The highest BCUT2D eigenvalue weighted by molar-refractivity contribution is 6.30. The quantitative estimate of drug-likeness (QED) is 0.757. The van der Waals surface area contributed by atoms with Gasteiger partial charge in [0, 0.05) is 10.9 Å². The standard InChI is InChI=1S/C10H11ClO2/c1-7(6-12)10(13)8-2-4-9(11)5-3-8/h2-7,10,13H,1H3/t7-,10+/m0/s1. The van der Waals surface area contributed by atoms with Crippen LogP contribution >= 0.6 is 11.6 Å². The third-order valence-electron chi connectivity index (χ3n) is 1.92. The summed E-state index contributed by atoms with van der Waals surface area (Å²) in [5.41, 5.74) is 0.712. The first kappa shape index (κ1) is 10.2. The molecule has 0 saturated heterocycles. The van der Waals surface area contributed by atoms with Crippen molar-refractivity contribution in [1.82, 2.24) is 0 Å². The lowest BCUT2D eigenvalue weighted by molar-refractivity contribution is -0.113. The summed E-state index contributed by atoms with van der Waals surface area (Å²) in [7, 11) is 0. The molecule has 3 heteroatoms. The molecule has 0 aromatic heterocycles. The van der Waals surface area contributed by atoms with Crippen molar-refractivity contribution in [3.05, 3.63) is 34.9 Å². The number of aldehydes is 1. The second-order valence-electron chi connectivity index (χ2n) is 2.99. The number of carbonyl (C=O) groups excluding carboxylic acids is 1. The Labute approximate surface area is 82.2 Å². The first-order valence-corrected chi connectivity index (χ1v) is 4.41. The summed E-state index contributed by atoms with van der Waals surface area (Å²) in [4.78, 5) is 10.4. The van der Waals surface area contributed by atoms with Crippen molar-refractivity contribution in [3.8, 4) is 0 Å². The zero-order valence-electron chi connectivity index (χ0n) is 7.27. The summed E-state index contributed by atoms with van der Waals surface area (Å²) < 4.78 is 0. The van der Waals surface area contributed by atoms with E-state index in [1.165, 1.54) is 0 Å². The summed E-state index contributed by atoms with van der Waals surface area (Å²) in [6.45, 7) is 1.67. The van der Waals surface area contributed by atoms with E-state index in [0.717, 1.165) is 6.29 Å². The molecule has 2 nitrogen and oxygen atoms in total. The van der Waals surface area contributed by atoms with Crippen LogP contribution in [0.1, 0.15) is 18.6 Å². The third kappa shape index (κ3) is 2.54. The fourth-order valence-electron chi connectivity index (χ4n) is 1.04. The first-order valence-electron chi connectivity index (χ1n) is 4.04. The van der Waals surface area contributed by atoms with Crippen LogP contribution in [-0.2, 0) is 4.79 Å². The van der Waals surface area contributed by atoms with Gasteiger partial charge in [0.2, 0.25) is 0 Å². The van der Waals surface area contributed by atoms with Gasteiger partial charge in [-0.3, -0.25) is 0 Å². The highest BCUT2D eigenvalue weighted by atomic mass is 35.5. The van der Waals surface area contributed by atoms with Crippen LogP contribution in [0, 0.1) is 5.92 Å². The maximum atomic E-state index is 10.4. The average Bonchev–Trinajstić information content (AvgIpc) is 2.17. The molecule has 0 aliphatic carbocycles. The molecular formula is C10H11ClO2. The minimum absolute atomic E-state index is 0.388. The van der Waals surface area contributed by atoms with Crippen LogP contribution in [0.2, 0.25) is 5.02 Å². The predicted molar refractivity (Wildman–Crippen MR) is 51.6 cm³/mol. The Kier molecular flexibility index (Phi) is 3.46. The minimum Gasteiger partial charge on any atom is -0.388 e. The van der Waals surface area contributed by atoms with E-state index in [4.69, 9.17) is 11.6 Å². The van der Waals surface area contributed by atoms with E-state index >= 15 is 0 Å². The highest BCUT2D eigenvalue weighted by Crippen LogP contribution is 2.21. The van der Waals surface area contributed by atoms with E-state index in [-0.39, 0.29) is 5.92 Å². The van der Waals surface area contributed by atoms with E-state index in [0.29, 0.717) is 10.6 Å². The van der Waals surface area contributed by atoms with Crippen molar-refractivity contribution in [2.24, 2.45) is 5.92 Å². The van der Waals surface area contributed by atoms with Crippen molar-refractivity contribution in [1.29, 1.82) is 0 Å². The number of rotatable bonds is 3. The van der Waals surface area contributed by atoms with Gasteiger partial charge in [-0.1, -0.05) is 30.7 Å². The minimum atomic E-state index is -0.741. The molecule has 0 saturated carbocycles. The number of halogens is 1. The molecule has 0 heterocycles. The molecule has 0 unspecified atom stereocenters.